The minimum absolute atomic E-state index is 0.0762. The molecule has 0 saturated carbocycles. The summed E-state index contributed by atoms with van der Waals surface area (Å²) < 4.78 is 39.2. The van der Waals surface area contributed by atoms with E-state index < -0.39 is 17.5 Å². The lowest BCUT2D eigenvalue weighted by atomic mass is 10.2. The molecule has 2 aromatic rings. The van der Waals surface area contributed by atoms with Gasteiger partial charge in [-0.25, -0.2) is 13.2 Å². The van der Waals surface area contributed by atoms with Crippen molar-refractivity contribution in [2.24, 2.45) is 0 Å². The van der Waals surface area contributed by atoms with Gasteiger partial charge in [-0.3, -0.25) is 0 Å². The van der Waals surface area contributed by atoms with E-state index in [2.05, 4.69) is 0 Å². The van der Waals surface area contributed by atoms with E-state index in [1.807, 2.05) is 0 Å². The van der Waals surface area contributed by atoms with Crippen molar-refractivity contribution in [3.8, 4) is 0 Å². The molecule has 0 unspecified atom stereocenters. The van der Waals surface area contributed by atoms with Crippen molar-refractivity contribution >= 4 is 17.4 Å². The highest BCUT2D eigenvalue weighted by molar-refractivity contribution is 7.98. The molecule has 2 rings (SSSR count). The van der Waals surface area contributed by atoms with Crippen molar-refractivity contribution in [2.75, 3.05) is 5.73 Å². The summed E-state index contributed by atoms with van der Waals surface area (Å²) in [5.41, 5.74) is 5.80. The summed E-state index contributed by atoms with van der Waals surface area (Å²) in [4.78, 5) is 0.644. The van der Waals surface area contributed by atoms with Gasteiger partial charge < -0.3 is 5.73 Å². The van der Waals surface area contributed by atoms with Crippen LogP contribution in [0.25, 0.3) is 0 Å². The Labute approximate surface area is 107 Å². The molecule has 0 saturated heterocycles. The number of nitrogen functional groups attached to an aromatic ring is 1. The lowest BCUT2D eigenvalue weighted by molar-refractivity contribution is 0.576. The Balaban J connectivity index is 2.09. The fourth-order valence-corrected chi connectivity index (χ4v) is 2.30. The molecular formula is C13H10F3NS. The Hall–Kier alpha value is -1.62. The highest BCUT2D eigenvalue weighted by Gasteiger charge is 2.06. The van der Waals surface area contributed by atoms with Crippen LogP contribution >= 0.6 is 11.8 Å². The molecule has 0 amide bonds. The summed E-state index contributed by atoms with van der Waals surface area (Å²) in [6, 6.07) is 7.82. The van der Waals surface area contributed by atoms with Crippen LogP contribution in [0.4, 0.5) is 18.9 Å². The van der Waals surface area contributed by atoms with Crippen LogP contribution in [-0.4, -0.2) is 0 Å². The Morgan fingerprint density at radius 2 is 1.72 bits per heavy atom. The molecule has 0 spiro atoms. The molecule has 0 aliphatic rings. The minimum atomic E-state index is -0.611. The zero-order valence-electron chi connectivity index (χ0n) is 9.29. The zero-order chi connectivity index (χ0) is 13.1. The van der Waals surface area contributed by atoms with Gasteiger partial charge in [-0.15, -0.1) is 11.8 Å². The average Bonchev–Trinajstić information content (AvgIpc) is 2.32. The van der Waals surface area contributed by atoms with E-state index in [-0.39, 0.29) is 5.69 Å². The number of rotatable bonds is 3. The van der Waals surface area contributed by atoms with Gasteiger partial charge in [0.1, 0.15) is 17.5 Å². The van der Waals surface area contributed by atoms with Crippen molar-refractivity contribution in [3.63, 3.8) is 0 Å². The third-order valence-electron chi connectivity index (χ3n) is 2.38. The first-order valence-electron chi connectivity index (χ1n) is 5.18. The predicted molar refractivity (Wildman–Crippen MR) is 66.7 cm³/mol. The molecule has 0 aliphatic heterocycles. The van der Waals surface area contributed by atoms with E-state index in [1.54, 1.807) is 6.07 Å². The Bertz CT molecular complexity index is 572. The van der Waals surface area contributed by atoms with Crippen LogP contribution in [0.2, 0.25) is 0 Å². The molecule has 18 heavy (non-hydrogen) atoms. The second kappa shape index (κ2) is 5.35. The lowest BCUT2D eigenvalue weighted by Crippen LogP contribution is -1.91. The van der Waals surface area contributed by atoms with E-state index in [1.165, 1.54) is 36.0 Å². The van der Waals surface area contributed by atoms with Crippen LogP contribution in [0.1, 0.15) is 5.56 Å². The molecule has 0 aromatic heterocycles. The van der Waals surface area contributed by atoms with Crippen molar-refractivity contribution in [1.82, 2.24) is 0 Å². The van der Waals surface area contributed by atoms with Gasteiger partial charge in [0.25, 0.3) is 0 Å². The molecular weight excluding hydrogens is 259 g/mol. The summed E-state index contributed by atoms with van der Waals surface area (Å²) in [7, 11) is 0. The molecule has 2 aromatic carbocycles. The van der Waals surface area contributed by atoms with Gasteiger partial charge in [-0.1, -0.05) is 6.07 Å². The molecule has 0 heterocycles. The summed E-state index contributed by atoms with van der Waals surface area (Å²) in [5.74, 6) is -1.41. The topological polar surface area (TPSA) is 26.0 Å². The molecule has 0 bridgehead atoms. The van der Waals surface area contributed by atoms with E-state index in [0.717, 1.165) is 6.07 Å². The number of hydrogen-bond acceptors (Lipinski definition) is 2. The second-order valence-electron chi connectivity index (χ2n) is 3.71. The quantitative estimate of drug-likeness (QED) is 0.673. The van der Waals surface area contributed by atoms with Crippen LogP contribution in [0.5, 0.6) is 0 Å². The van der Waals surface area contributed by atoms with Crippen LogP contribution in [0.3, 0.4) is 0 Å². The van der Waals surface area contributed by atoms with Crippen LogP contribution < -0.4 is 5.73 Å². The van der Waals surface area contributed by atoms with Gasteiger partial charge in [-0.2, -0.15) is 0 Å². The Kier molecular flexibility index (Phi) is 3.81. The lowest BCUT2D eigenvalue weighted by Gasteiger charge is -2.05. The fraction of sp³-hybridized carbons (Fsp3) is 0.0769. The molecule has 2 N–H and O–H groups in total. The van der Waals surface area contributed by atoms with Gasteiger partial charge in [0.2, 0.25) is 0 Å². The van der Waals surface area contributed by atoms with Gasteiger partial charge in [-0.05, 0) is 29.8 Å². The van der Waals surface area contributed by atoms with E-state index in [0.29, 0.717) is 16.2 Å². The zero-order valence-corrected chi connectivity index (χ0v) is 10.1. The highest BCUT2D eigenvalue weighted by atomic mass is 32.2. The van der Waals surface area contributed by atoms with Crippen molar-refractivity contribution in [2.45, 2.75) is 10.6 Å². The van der Waals surface area contributed by atoms with Gasteiger partial charge in [0, 0.05) is 16.7 Å². The number of anilines is 1. The van der Waals surface area contributed by atoms with Gasteiger partial charge in [0.05, 0.1) is 5.69 Å². The summed E-state index contributed by atoms with van der Waals surface area (Å²) in [6.07, 6.45) is 0. The number of hydrogen-bond donors (Lipinski definition) is 1. The molecule has 94 valence electrons. The first-order valence-corrected chi connectivity index (χ1v) is 6.16. The molecule has 0 fully saturated rings. The number of benzene rings is 2. The largest absolute Gasteiger partial charge is 0.396 e. The molecule has 1 nitrogen and oxygen atoms in total. The third kappa shape index (κ3) is 2.98. The number of nitrogens with two attached hydrogens (primary N) is 1. The van der Waals surface area contributed by atoms with Crippen molar-refractivity contribution < 1.29 is 13.2 Å². The van der Waals surface area contributed by atoms with Crippen LogP contribution in [0, 0.1) is 17.5 Å². The number of thioether (sulfide) groups is 1. The van der Waals surface area contributed by atoms with Gasteiger partial charge in [0.15, 0.2) is 0 Å². The van der Waals surface area contributed by atoms with E-state index in [4.69, 9.17) is 5.73 Å². The van der Waals surface area contributed by atoms with Crippen LogP contribution in [-0.2, 0) is 5.75 Å². The first-order chi connectivity index (χ1) is 8.56. The van der Waals surface area contributed by atoms with Crippen LogP contribution in [0.15, 0.2) is 41.3 Å². The Morgan fingerprint density at radius 3 is 2.39 bits per heavy atom. The van der Waals surface area contributed by atoms with E-state index in [9.17, 15) is 13.2 Å². The maximum Gasteiger partial charge on any atom is 0.147 e. The maximum absolute atomic E-state index is 13.3. The van der Waals surface area contributed by atoms with Gasteiger partial charge >= 0.3 is 0 Å². The molecule has 5 heteroatoms. The second-order valence-corrected chi connectivity index (χ2v) is 4.76. The normalized spacial score (nSPS) is 10.6. The monoisotopic (exact) mass is 269 g/mol. The van der Waals surface area contributed by atoms with E-state index >= 15 is 0 Å². The Morgan fingerprint density at radius 1 is 0.944 bits per heavy atom. The SMILES string of the molecule is Nc1ccc(SCc2ccc(F)cc2F)cc1F. The maximum atomic E-state index is 13.3. The molecule has 0 aliphatic carbocycles. The first kappa shape index (κ1) is 12.8. The third-order valence-corrected chi connectivity index (χ3v) is 3.42. The van der Waals surface area contributed by atoms with Crippen molar-refractivity contribution in [3.05, 3.63) is 59.4 Å². The summed E-state index contributed by atoms with van der Waals surface area (Å²) in [6.45, 7) is 0. The fourth-order valence-electron chi connectivity index (χ4n) is 1.40. The predicted octanol–water partition coefficient (Wildman–Crippen LogP) is 3.98. The minimum Gasteiger partial charge on any atom is -0.396 e. The highest BCUT2D eigenvalue weighted by Crippen LogP contribution is 2.26. The summed E-state index contributed by atoms with van der Waals surface area (Å²) in [5, 5.41) is 0. The standard InChI is InChI=1S/C13H10F3NS/c14-9-2-1-8(11(15)5-9)7-18-10-3-4-13(17)12(16)6-10/h1-6H,7,17H2. The van der Waals surface area contributed by atoms with Crippen molar-refractivity contribution in [1.29, 1.82) is 0 Å². The molecule has 0 radical (unpaired) electrons. The summed E-state index contributed by atoms with van der Waals surface area (Å²) >= 11 is 1.26. The average molecular weight is 269 g/mol. The molecule has 0 atom stereocenters. The smallest absolute Gasteiger partial charge is 0.147 e. The number of halogens is 3.